The van der Waals surface area contributed by atoms with E-state index in [1.54, 1.807) is 0 Å². The number of hydrogen-bond acceptors (Lipinski definition) is 5. The first-order chi connectivity index (χ1) is 25.8. The van der Waals surface area contributed by atoms with E-state index in [9.17, 15) is 0 Å². The van der Waals surface area contributed by atoms with Crippen LogP contribution < -0.4 is 0 Å². The SMILES string of the molecule is c1ccc2cc(-c3nc(-c4ccc(-c5cncc6c5oc5ccccc56)c5ccccc45)nc(-n4c5ccccc5c5ccccc54)n3)ccc2c1. The number of benzene rings is 7. The molecule has 0 amide bonds. The predicted octanol–water partition coefficient (Wildman–Crippen LogP) is 11.6. The monoisotopic (exact) mass is 665 g/mol. The van der Waals surface area contributed by atoms with Crippen LogP contribution in [0, 0.1) is 0 Å². The highest BCUT2D eigenvalue weighted by atomic mass is 16.3. The van der Waals surface area contributed by atoms with Crippen molar-refractivity contribution in [3.63, 3.8) is 0 Å². The fraction of sp³-hybridized carbons (Fsp3) is 0. The maximum Gasteiger partial charge on any atom is 0.238 e. The zero-order valence-electron chi connectivity index (χ0n) is 27.7. The molecule has 0 atom stereocenters. The van der Waals surface area contributed by atoms with Crippen LogP contribution in [0.4, 0.5) is 0 Å². The van der Waals surface area contributed by atoms with Gasteiger partial charge in [0, 0.05) is 50.6 Å². The lowest BCUT2D eigenvalue weighted by Crippen LogP contribution is -2.06. The molecule has 52 heavy (non-hydrogen) atoms. The molecule has 6 heteroatoms. The Balaban J connectivity index is 1.18. The van der Waals surface area contributed by atoms with Crippen LogP contribution >= 0.6 is 0 Å². The molecule has 0 unspecified atom stereocenters. The Morgan fingerprint density at radius 1 is 0.423 bits per heavy atom. The molecule has 0 saturated carbocycles. The standard InChI is InChI=1S/C46H27N5O/c1-2-12-29-25-30(22-21-28(29)11-1)44-48-45(50-46(49-44)51-40-18-8-5-15-34(40)35-16-6-9-19-41(35)51)37-24-23-33(31-13-3-4-14-32(31)37)38-26-47-27-39-36-17-7-10-20-42(36)52-43(38)39/h1-27H. The van der Waals surface area contributed by atoms with Crippen molar-refractivity contribution >= 4 is 65.3 Å². The number of pyridine rings is 1. The molecule has 0 fully saturated rings. The molecule has 0 aliphatic rings. The average molecular weight is 666 g/mol. The first kappa shape index (κ1) is 28.6. The van der Waals surface area contributed by atoms with Gasteiger partial charge < -0.3 is 4.42 Å². The van der Waals surface area contributed by atoms with Crippen LogP contribution in [0.5, 0.6) is 0 Å². The third-order valence-corrected chi connectivity index (χ3v) is 10.2. The average Bonchev–Trinajstić information content (AvgIpc) is 3.76. The number of nitrogens with zero attached hydrogens (tertiary/aromatic N) is 5. The number of fused-ring (bicyclic) bond motifs is 8. The van der Waals surface area contributed by atoms with Gasteiger partial charge in [-0.1, -0.05) is 121 Å². The van der Waals surface area contributed by atoms with Crippen LogP contribution in [-0.4, -0.2) is 24.5 Å². The zero-order chi connectivity index (χ0) is 34.2. The lowest BCUT2D eigenvalue weighted by atomic mass is 9.94. The van der Waals surface area contributed by atoms with Gasteiger partial charge in [0.25, 0.3) is 0 Å². The maximum absolute atomic E-state index is 6.45. The molecule has 0 saturated heterocycles. The molecular formula is C46H27N5O. The fourth-order valence-corrected chi connectivity index (χ4v) is 7.74. The van der Waals surface area contributed by atoms with E-state index in [-0.39, 0.29) is 0 Å². The van der Waals surface area contributed by atoms with Crippen molar-refractivity contribution in [3.8, 4) is 39.9 Å². The van der Waals surface area contributed by atoms with Crippen molar-refractivity contribution in [3.05, 3.63) is 164 Å². The highest BCUT2D eigenvalue weighted by molar-refractivity contribution is 6.13. The maximum atomic E-state index is 6.45. The third-order valence-electron chi connectivity index (χ3n) is 10.2. The Morgan fingerprint density at radius 2 is 1.04 bits per heavy atom. The number of para-hydroxylation sites is 3. The van der Waals surface area contributed by atoms with Crippen molar-refractivity contribution in [1.82, 2.24) is 24.5 Å². The molecule has 0 radical (unpaired) electrons. The summed E-state index contributed by atoms with van der Waals surface area (Å²) in [6, 6.07) is 52.4. The molecule has 0 N–H and O–H groups in total. The van der Waals surface area contributed by atoms with Gasteiger partial charge in [0.05, 0.1) is 11.0 Å². The van der Waals surface area contributed by atoms with Crippen LogP contribution in [0.25, 0.3) is 105 Å². The van der Waals surface area contributed by atoms with E-state index in [0.29, 0.717) is 17.6 Å². The first-order valence-corrected chi connectivity index (χ1v) is 17.3. The number of aromatic nitrogens is 5. The molecule has 11 aromatic rings. The van der Waals surface area contributed by atoms with E-state index in [1.165, 1.54) is 5.39 Å². The molecule has 0 bridgehead atoms. The van der Waals surface area contributed by atoms with Crippen LogP contribution in [0.15, 0.2) is 168 Å². The summed E-state index contributed by atoms with van der Waals surface area (Å²) in [4.78, 5) is 20.3. The minimum atomic E-state index is 0.565. The molecule has 4 aromatic heterocycles. The molecule has 0 spiro atoms. The minimum absolute atomic E-state index is 0.565. The lowest BCUT2D eigenvalue weighted by molar-refractivity contribution is 0.669. The second-order valence-electron chi connectivity index (χ2n) is 13.1. The van der Waals surface area contributed by atoms with Crippen LogP contribution in [-0.2, 0) is 0 Å². The van der Waals surface area contributed by atoms with Gasteiger partial charge in [-0.3, -0.25) is 9.55 Å². The molecule has 4 heterocycles. The number of rotatable bonds is 4. The number of hydrogen-bond donors (Lipinski definition) is 0. The summed E-state index contributed by atoms with van der Waals surface area (Å²) in [6.07, 6.45) is 3.78. The van der Waals surface area contributed by atoms with Crippen LogP contribution in [0.2, 0.25) is 0 Å². The highest BCUT2D eigenvalue weighted by Gasteiger charge is 2.21. The highest BCUT2D eigenvalue weighted by Crippen LogP contribution is 2.40. The van der Waals surface area contributed by atoms with E-state index in [4.69, 9.17) is 19.4 Å². The zero-order valence-corrected chi connectivity index (χ0v) is 27.7. The van der Waals surface area contributed by atoms with Gasteiger partial charge in [-0.2, -0.15) is 9.97 Å². The normalized spacial score (nSPS) is 11.8. The molecule has 11 rings (SSSR count). The van der Waals surface area contributed by atoms with E-state index in [0.717, 1.165) is 82.2 Å². The van der Waals surface area contributed by atoms with E-state index < -0.39 is 0 Å². The summed E-state index contributed by atoms with van der Waals surface area (Å²) in [6.45, 7) is 0. The smallest absolute Gasteiger partial charge is 0.238 e. The van der Waals surface area contributed by atoms with Crippen molar-refractivity contribution in [2.75, 3.05) is 0 Å². The van der Waals surface area contributed by atoms with Gasteiger partial charge in [0.1, 0.15) is 11.2 Å². The van der Waals surface area contributed by atoms with E-state index in [1.807, 2.05) is 30.6 Å². The van der Waals surface area contributed by atoms with Crippen LogP contribution in [0.1, 0.15) is 0 Å². The quantitative estimate of drug-likeness (QED) is 0.187. The summed E-state index contributed by atoms with van der Waals surface area (Å²) >= 11 is 0. The minimum Gasteiger partial charge on any atom is -0.455 e. The van der Waals surface area contributed by atoms with Gasteiger partial charge >= 0.3 is 0 Å². The van der Waals surface area contributed by atoms with E-state index in [2.05, 4.69) is 143 Å². The molecule has 7 aromatic carbocycles. The summed E-state index contributed by atoms with van der Waals surface area (Å²) < 4.78 is 8.61. The van der Waals surface area contributed by atoms with Crippen molar-refractivity contribution in [1.29, 1.82) is 0 Å². The Kier molecular flexibility index (Phi) is 6.15. The lowest BCUT2D eigenvalue weighted by Gasteiger charge is -2.14. The van der Waals surface area contributed by atoms with Crippen LogP contribution in [0.3, 0.4) is 0 Å². The van der Waals surface area contributed by atoms with E-state index >= 15 is 0 Å². The summed E-state index contributed by atoms with van der Waals surface area (Å²) in [5, 5.41) is 8.72. The Morgan fingerprint density at radius 3 is 1.83 bits per heavy atom. The Labute approximate surface area is 297 Å². The largest absolute Gasteiger partial charge is 0.455 e. The van der Waals surface area contributed by atoms with Gasteiger partial charge in [-0.05, 0) is 57.4 Å². The fourth-order valence-electron chi connectivity index (χ4n) is 7.74. The third kappa shape index (κ3) is 4.31. The molecular weight excluding hydrogens is 639 g/mol. The second-order valence-corrected chi connectivity index (χ2v) is 13.1. The van der Waals surface area contributed by atoms with Crippen molar-refractivity contribution in [2.45, 2.75) is 0 Å². The summed E-state index contributed by atoms with van der Waals surface area (Å²) in [5.74, 6) is 1.77. The van der Waals surface area contributed by atoms with Gasteiger partial charge in [0.15, 0.2) is 11.6 Å². The molecule has 0 aliphatic carbocycles. The number of furan rings is 1. The first-order valence-electron chi connectivity index (χ1n) is 17.3. The summed E-state index contributed by atoms with van der Waals surface area (Å²) in [5.41, 5.74) is 7.55. The Hall–Kier alpha value is -7.18. The predicted molar refractivity (Wildman–Crippen MR) is 211 cm³/mol. The molecule has 242 valence electrons. The topological polar surface area (TPSA) is 69.6 Å². The van der Waals surface area contributed by atoms with Crippen molar-refractivity contribution in [2.24, 2.45) is 0 Å². The van der Waals surface area contributed by atoms with Gasteiger partial charge in [-0.15, -0.1) is 0 Å². The van der Waals surface area contributed by atoms with Gasteiger partial charge in [0.2, 0.25) is 5.95 Å². The van der Waals surface area contributed by atoms with Gasteiger partial charge in [-0.25, -0.2) is 4.98 Å². The second kappa shape index (κ2) is 11.2. The molecule has 0 aliphatic heterocycles. The Bertz CT molecular complexity index is 3160. The molecule has 6 nitrogen and oxygen atoms in total. The van der Waals surface area contributed by atoms with Crippen molar-refractivity contribution < 1.29 is 4.42 Å². The summed E-state index contributed by atoms with van der Waals surface area (Å²) in [7, 11) is 0.